The topological polar surface area (TPSA) is 122 Å². The standard InChI is InChI=1S/C19H15BrClN5.C18H19BrClN5/c20-15-11-24-26-18(23-10-12-5-7-13(22)8-6-12)9-17(25-19(15)26)14-3-1-2-4-16(14)21;19-14-11-23-25-17(22-10-12-5-7-21-8-6-12)9-16(24-18(14)25)13-3-1-2-4-15(13)20/h1-9,11,23H,10,22H2;1-4,9,11-12,21-22H,5-8,10H2. The van der Waals surface area contributed by atoms with Crippen molar-refractivity contribution in [1.82, 2.24) is 34.5 Å². The summed E-state index contributed by atoms with van der Waals surface area (Å²) >= 11 is 19.8. The number of nitrogens with zero attached hydrogens (tertiary/aromatic N) is 6. The van der Waals surface area contributed by atoms with E-state index in [-0.39, 0.29) is 0 Å². The van der Waals surface area contributed by atoms with Gasteiger partial charge in [0.05, 0.1) is 32.7 Å². The number of rotatable bonds is 8. The predicted octanol–water partition coefficient (Wildman–Crippen LogP) is 9.23. The van der Waals surface area contributed by atoms with E-state index in [4.69, 9.17) is 38.9 Å². The maximum Gasteiger partial charge on any atom is 0.172 e. The molecule has 1 aliphatic heterocycles. The van der Waals surface area contributed by atoms with Gasteiger partial charge in [0, 0.05) is 52.1 Å². The molecular weight excluding hydrogens is 815 g/mol. The molecule has 14 heteroatoms. The van der Waals surface area contributed by atoms with Crippen molar-refractivity contribution < 1.29 is 0 Å². The highest BCUT2D eigenvalue weighted by Gasteiger charge is 2.17. The summed E-state index contributed by atoms with van der Waals surface area (Å²) in [5, 5.41) is 20.6. The zero-order valence-electron chi connectivity index (χ0n) is 27.3. The molecule has 0 saturated carbocycles. The third-order valence-corrected chi connectivity index (χ3v) is 10.4. The zero-order chi connectivity index (χ0) is 35.3. The molecule has 3 aromatic carbocycles. The van der Waals surface area contributed by atoms with Crippen molar-refractivity contribution in [2.24, 2.45) is 5.92 Å². The SMILES string of the molecule is Clc1ccccc1-c1cc(NCC2CCNCC2)n2ncc(Br)c2n1.Nc1ccc(CNc2cc(-c3ccccc3Cl)nc3c(Br)cnn23)cc1. The fourth-order valence-electron chi connectivity index (χ4n) is 5.90. The molecule has 1 saturated heterocycles. The van der Waals surface area contributed by atoms with Crippen LogP contribution in [0.3, 0.4) is 0 Å². The number of halogens is 4. The number of hydrogen-bond acceptors (Lipinski definition) is 8. The van der Waals surface area contributed by atoms with Crippen molar-refractivity contribution in [2.75, 3.05) is 36.0 Å². The van der Waals surface area contributed by atoms with Gasteiger partial charge >= 0.3 is 0 Å². The van der Waals surface area contributed by atoms with Gasteiger partial charge in [-0.2, -0.15) is 19.2 Å². The molecule has 51 heavy (non-hydrogen) atoms. The molecule has 8 rings (SSSR count). The molecule has 0 atom stereocenters. The van der Waals surface area contributed by atoms with E-state index in [2.05, 4.69) is 58.0 Å². The lowest BCUT2D eigenvalue weighted by molar-refractivity contribution is 0.389. The van der Waals surface area contributed by atoms with Crippen molar-refractivity contribution in [3.63, 3.8) is 0 Å². The van der Waals surface area contributed by atoms with E-state index in [9.17, 15) is 0 Å². The van der Waals surface area contributed by atoms with Crippen LogP contribution in [-0.2, 0) is 6.54 Å². The third kappa shape index (κ3) is 8.15. The maximum atomic E-state index is 6.37. The van der Waals surface area contributed by atoms with Crippen LogP contribution in [0.5, 0.6) is 0 Å². The number of nitrogen functional groups attached to an aromatic ring is 1. The van der Waals surface area contributed by atoms with Gasteiger partial charge in [-0.1, -0.05) is 71.7 Å². The van der Waals surface area contributed by atoms with E-state index in [0.717, 1.165) is 85.3 Å². The van der Waals surface area contributed by atoms with E-state index < -0.39 is 0 Å². The Labute approximate surface area is 322 Å². The molecule has 260 valence electrons. The Morgan fingerprint density at radius 3 is 1.76 bits per heavy atom. The quantitative estimate of drug-likeness (QED) is 0.112. The summed E-state index contributed by atoms with van der Waals surface area (Å²) in [5.74, 6) is 2.43. The van der Waals surface area contributed by atoms with Gasteiger partial charge in [0.25, 0.3) is 0 Å². The lowest BCUT2D eigenvalue weighted by atomic mass is 9.98. The van der Waals surface area contributed by atoms with Gasteiger partial charge in [0.2, 0.25) is 0 Å². The van der Waals surface area contributed by atoms with Crippen LogP contribution >= 0.6 is 55.1 Å². The predicted molar refractivity (Wildman–Crippen MR) is 215 cm³/mol. The molecule has 0 amide bonds. The monoisotopic (exact) mass is 846 g/mol. The summed E-state index contributed by atoms with van der Waals surface area (Å²) < 4.78 is 5.29. The molecule has 4 aromatic heterocycles. The number of aromatic nitrogens is 6. The molecule has 5 heterocycles. The number of piperidine rings is 1. The molecule has 5 N–H and O–H groups in total. The normalized spacial score (nSPS) is 13.3. The lowest BCUT2D eigenvalue weighted by Gasteiger charge is -2.23. The van der Waals surface area contributed by atoms with Crippen LogP contribution in [-0.4, -0.2) is 48.8 Å². The van der Waals surface area contributed by atoms with Gasteiger partial charge in [-0.3, -0.25) is 0 Å². The highest BCUT2D eigenvalue weighted by molar-refractivity contribution is 9.11. The number of anilines is 3. The molecule has 1 aliphatic rings. The molecule has 10 nitrogen and oxygen atoms in total. The van der Waals surface area contributed by atoms with Crippen LogP contribution in [0.15, 0.2) is 106 Å². The van der Waals surface area contributed by atoms with Gasteiger partial charge in [-0.25, -0.2) is 9.97 Å². The summed E-state index contributed by atoms with van der Waals surface area (Å²) in [6.45, 7) is 3.76. The minimum Gasteiger partial charge on any atom is -0.399 e. The Morgan fingerprint density at radius 2 is 1.24 bits per heavy atom. The van der Waals surface area contributed by atoms with Crippen molar-refractivity contribution in [2.45, 2.75) is 19.4 Å². The van der Waals surface area contributed by atoms with E-state index >= 15 is 0 Å². The van der Waals surface area contributed by atoms with E-state index in [0.29, 0.717) is 22.5 Å². The largest absolute Gasteiger partial charge is 0.399 e. The zero-order valence-corrected chi connectivity index (χ0v) is 32.0. The van der Waals surface area contributed by atoms with E-state index in [1.165, 1.54) is 12.8 Å². The first-order valence-electron chi connectivity index (χ1n) is 16.5. The second-order valence-electron chi connectivity index (χ2n) is 12.1. The number of hydrogen-bond donors (Lipinski definition) is 4. The summed E-state index contributed by atoms with van der Waals surface area (Å²) in [5.41, 5.74) is 12.5. The summed E-state index contributed by atoms with van der Waals surface area (Å²) in [4.78, 5) is 9.45. The number of fused-ring (bicyclic) bond motifs is 2. The minimum atomic E-state index is 0.638. The van der Waals surface area contributed by atoms with Crippen LogP contribution in [0, 0.1) is 5.92 Å². The number of nitrogens with one attached hydrogen (secondary N) is 3. The Morgan fingerprint density at radius 1 is 0.725 bits per heavy atom. The Bertz CT molecular complexity index is 2280. The Hall–Kier alpha value is -4.20. The fraction of sp³-hybridized carbons (Fsp3) is 0.189. The summed E-state index contributed by atoms with van der Waals surface area (Å²) in [6, 6.07) is 27.2. The molecule has 0 bridgehead atoms. The Kier molecular flexibility index (Phi) is 11.0. The van der Waals surface area contributed by atoms with Crippen molar-refractivity contribution in [3.05, 3.63) is 122 Å². The van der Waals surface area contributed by atoms with Crippen LogP contribution < -0.4 is 21.7 Å². The first-order chi connectivity index (χ1) is 24.8. The Balaban J connectivity index is 0.000000159. The second-order valence-corrected chi connectivity index (χ2v) is 14.7. The fourth-order valence-corrected chi connectivity index (χ4v) is 7.06. The highest BCUT2D eigenvalue weighted by Crippen LogP contribution is 2.32. The first kappa shape index (κ1) is 35.2. The van der Waals surface area contributed by atoms with E-state index in [1.54, 1.807) is 16.9 Å². The summed E-state index contributed by atoms with van der Waals surface area (Å²) in [6.07, 6.45) is 5.89. The average Bonchev–Trinajstić information content (AvgIpc) is 3.73. The second kappa shape index (κ2) is 16.0. The van der Waals surface area contributed by atoms with Gasteiger partial charge in [0.1, 0.15) is 11.6 Å². The van der Waals surface area contributed by atoms with Crippen molar-refractivity contribution in [3.8, 4) is 22.5 Å². The van der Waals surface area contributed by atoms with Gasteiger partial charge < -0.3 is 21.7 Å². The third-order valence-electron chi connectivity index (χ3n) is 8.64. The smallest absolute Gasteiger partial charge is 0.172 e. The number of nitrogens with two attached hydrogens (primary N) is 1. The average molecular weight is 849 g/mol. The summed E-state index contributed by atoms with van der Waals surface area (Å²) in [7, 11) is 0. The molecule has 0 unspecified atom stereocenters. The molecule has 1 fully saturated rings. The highest BCUT2D eigenvalue weighted by atomic mass is 79.9. The number of benzene rings is 3. The van der Waals surface area contributed by atoms with Gasteiger partial charge in [-0.15, -0.1) is 0 Å². The van der Waals surface area contributed by atoms with Crippen LogP contribution in [0.1, 0.15) is 18.4 Å². The van der Waals surface area contributed by atoms with Crippen LogP contribution in [0.2, 0.25) is 10.0 Å². The van der Waals surface area contributed by atoms with E-state index in [1.807, 2.05) is 89.4 Å². The maximum absolute atomic E-state index is 6.37. The van der Waals surface area contributed by atoms with Crippen molar-refractivity contribution in [1.29, 1.82) is 0 Å². The van der Waals surface area contributed by atoms with Crippen molar-refractivity contribution >= 4 is 83.7 Å². The molecule has 0 radical (unpaired) electrons. The van der Waals surface area contributed by atoms with Gasteiger partial charge in [-0.05, 0) is 93.5 Å². The molecule has 0 spiro atoms. The molecule has 0 aliphatic carbocycles. The molecular formula is C37H34Br2Cl2N10. The molecule has 7 aromatic rings. The first-order valence-corrected chi connectivity index (χ1v) is 18.8. The lowest BCUT2D eigenvalue weighted by Crippen LogP contribution is -2.31. The van der Waals surface area contributed by atoms with Crippen LogP contribution in [0.4, 0.5) is 17.3 Å². The minimum absolute atomic E-state index is 0.638. The van der Waals surface area contributed by atoms with Crippen LogP contribution in [0.25, 0.3) is 33.8 Å². The van der Waals surface area contributed by atoms with Gasteiger partial charge in [0.15, 0.2) is 11.3 Å².